The Kier molecular flexibility index (Phi) is 8.17. The Morgan fingerprint density at radius 2 is 1.02 bits per heavy atom. The normalized spacial score (nSPS) is 15.9. The lowest BCUT2D eigenvalue weighted by atomic mass is 9.62. The molecular formula is C52H49NSi. The van der Waals surface area contributed by atoms with Gasteiger partial charge in [0.25, 0.3) is 0 Å². The molecule has 1 aliphatic carbocycles. The Labute approximate surface area is 323 Å². The number of hydrogen-bond acceptors (Lipinski definition) is 1. The van der Waals surface area contributed by atoms with Crippen molar-refractivity contribution in [2.75, 3.05) is 4.90 Å². The highest BCUT2D eigenvalue weighted by Gasteiger charge is 2.40. The third-order valence-electron chi connectivity index (χ3n) is 12.5. The Hall–Kier alpha value is -5.44. The first-order valence-corrected chi connectivity index (χ1v) is 22.6. The second-order valence-electron chi connectivity index (χ2n) is 17.2. The molecule has 0 amide bonds. The smallest absolute Gasteiger partial charge is 0.113 e. The number of nitrogens with zero attached hydrogens (tertiary/aromatic N) is 1. The molecule has 0 saturated heterocycles. The molecule has 1 nitrogen and oxygen atoms in total. The summed E-state index contributed by atoms with van der Waals surface area (Å²) in [4.78, 5) is 2.57. The number of anilines is 3. The monoisotopic (exact) mass is 715 g/mol. The highest BCUT2D eigenvalue weighted by atomic mass is 28.3. The van der Waals surface area contributed by atoms with Crippen LogP contribution in [0.1, 0.15) is 51.7 Å². The molecule has 0 fully saturated rings. The van der Waals surface area contributed by atoms with Crippen LogP contribution in [0, 0.1) is 0 Å². The molecule has 0 spiro atoms. The summed E-state index contributed by atoms with van der Waals surface area (Å²) in [7, 11) is -1.82. The highest BCUT2D eigenvalue weighted by Crippen LogP contribution is 2.53. The molecule has 7 aromatic carbocycles. The molecule has 0 saturated carbocycles. The summed E-state index contributed by atoms with van der Waals surface area (Å²) >= 11 is 0. The molecule has 266 valence electrons. The van der Waals surface area contributed by atoms with Gasteiger partial charge in [-0.15, -0.1) is 0 Å². The third-order valence-corrected chi connectivity index (χ3v) is 16.1. The lowest BCUT2D eigenvalue weighted by Crippen LogP contribution is -2.49. The number of rotatable bonds is 6. The van der Waals surface area contributed by atoms with Crippen LogP contribution in [0.3, 0.4) is 0 Å². The number of fused-ring (bicyclic) bond motifs is 4. The van der Waals surface area contributed by atoms with E-state index in [4.69, 9.17) is 0 Å². The van der Waals surface area contributed by atoms with Crippen LogP contribution >= 0.6 is 0 Å². The molecule has 0 unspecified atom stereocenters. The predicted molar refractivity (Wildman–Crippen MR) is 235 cm³/mol. The summed E-state index contributed by atoms with van der Waals surface area (Å²) in [6.07, 6.45) is 2.32. The molecule has 1 aliphatic heterocycles. The molecule has 1 heterocycles. The van der Waals surface area contributed by atoms with Crippen LogP contribution in [0.5, 0.6) is 0 Å². The van der Waals surface area contributed by atoms with Crippen molar-refractivity contribution in [3.8, 4) is 44.5 Å². The fraction of sp³-hybridized carbons (Fsp3) is 0.192. The minimum Gasteiger partial charge on any atom is -0.310 e. The third kappa shape index (κ3) is 5.67. The van der Waals surface area contributed by atoms with E-state index in [9.17, 15) is 0 Å². The van der Waals surface area contributed by atoms with E-state index in [1.807, 2.05) is 0 Å². The van der Waals surface area contributed by atoms with Gasteiger partial charge < -0.3 is 4.90 Å². The van der Waals surface area contributed by atoms with Crippen molar-refractivity contribution >= 4 is 35.5 Å². The zero-order valence-corrected chi connectivity index (χ0v) is 33.4. The number of benzene rings is 7. The lowest BCUT2D eigenvalue weighted by Gasteiger charge is -2.44. The lowest BCUT2D eigenvalue weighted by molar-refractivity contribution is 0.332. The van der Waals surface area contributed by atoms with Gasteiger partial charge in [0.2, 0.25) is 0 Å². The van der Waals surface area contributed by atoms with Crippen LogP contribution in [0.15, 0.2) is 164 Å². The minimum atomic E-state index is -1.82. The first kappa shape index (κ1) is 34.3. The van der Waals surface area contributed by atoms with E-state index in [-0.39, 0.29) is 10.8 Å². The molecular weight excluding hydrogens is 667 g/mol. The van der Waals surface area contributed by atoms with E-state index in [1.54, 1.807) is 5.19 Å². The Morgan fingerprint density at radius 1 is 0.426 bits per heavy atom. The Morgan fingerprint density at radius 3 is 1.80 bits per heavy atom. The predicted octanol–water partition coefficient (Wildman–Crippen LogP) is 13.3. The van der Waals surface area contributed by atoms with Gasteiger partial charge >= 0.3 is 0 Å². The van der Waals surface area contributed by atoms with Crippen LogP contribution in [0.25, 0.3) is 44.5 Å². The van der Waals surface area contributed by atoms with E-state index in [1.165, 1.54) is 84.3 Å². The van der Waals surface area contributed by atoms with Crippen molar-refractivity contribution < 1.29 is 0 Å². The van der Waals surface area contributed by atoms with Crippen molar-refractivity contribution in [2.24, 2.45) is 0 Å². The van der Waals surface area contributed by atoms with Gasteiger partial charge in [0.15, 0.2) is 0 Å². The minimum absolute atomic E-state index is 0.0133. The summed E-state index contributed by atoms with van der Waals surface area (Å²) in [6.45, 7) is 14.8. The molecule has 0 aromatic heterocycles. The number of hydrogen-bond donors (Lipinski definition) is 0. The first-order valence-electron chi connectivity index (χ1n) is 19.6. The van der Waals surface area contributed by atoms with Gasteiger partial charge in [0, 0.05) is 11.3 Å². The Balaban J connectivity index is 1.28. The van der Waals surface area contributed by atoms with Crippen LogP contribution in [-0.2, 0) is 10.8 Å². The van der Waals surface area contributed by atoms with E-state index in [2.05, 4.69) is 209 Å². The zero-order valence-electron chi connectivity index (χ0n) is 32.4. The average molecular weight is 716 g/mol. The second kappa shape index (κ2) is 12.9. The van der Waals surface area contributed by atoms with Crippen LogP contribution in [0.4, 0.5) is 17.1 Å². The standard InChI is InChI=1S/C52H49NSi/c1-51(2)31-32-52(3,4)50-45(51)24-16-25-47(50)53(46-30-28-39(36-17-9-7-10-18-36)34-44(46)37-19-11-8-12-20-37)41-22-15-21-38(33-41)40-27-29-43-42-23-13-14-26-48(42)54(5,6)49(43)35-40/h7-30,33-35H,31-32H2,1-6H3. The van der Waals surface area contributed by atoms with E-state index >= 15 is 0 Å². The van der Waals surface area contributed by atoms with Crippen molar-refractivity contribution in [3.05, 3.63) is 175 Å². The van der Waals surface area contributed by atoms with E-state index in [0.717, 1.165) is 6.42 Å². The fourth-order valence-electron chi connectivity index (χ4n) is 9.39. The molecule has 0 N–H and O–H groups in total. The summed E-state index contributed by atoms with van der Waals surface area (Å²) in [5, 5.41) is 3.08. The molecule has 2 heteroatoms. The maximum Gasteiger partial charge on any atom is 0.113 e. The molecule has 2 aliphatic rings. The van der Waals surface area contributed by atoms with Gasteiger partial charge in [0.05, 0.1) is 11.4 Å². The molecule has 54 heavy (non-hydrogen) atoms. The first-order chi connectivity index (χ1) is 26.0. The van der Waals surface area contributed by atoms with Crippen LogP contribution in [0.2, 0.25) is 13.1 Å². The topological polar surface area (TPSA) is 3.24 Å². The van der Waals surface area contributed by atoms with Crippen molar-refractivity contribution in [2.45, 2.75) is 64.5 Å². The largest absolute Gasteiger partial charge is 0.310 e. The summed E-state index contributed by atoms with van der Waals surface area (Å²) in [6, 6.07) is 61.4. The van der Waals surface area contributed by atoms with Gasteiger partial charge in [-0.25, -0.2) is 0 Å². The van der Waals surface area contributed by atoms with Gasteiger partial charge in [-0.1, -0.05) is 174 Å². The SMILES string of the molecule is CC1(C)CCC(C)(C)c2c(N(c3cccc(-c4ccc5c(c4)[Si](C)(C)c4ccccc4-5)c3)c3ccc(-c4ccccc4)cc3-c3ccccc3)cccc21. The van der Waals surface area contributed by atoms with Crippen molar-refractivity contribution in [1.29, 1.82) is 0 Å². The molecule has 9 rings (SSSR count). The quantitative estimate of drug-likeness (QED) is 0.155. The van der Waals surface area contributed by atoms with E-state index < -0.39 is 8.07 Å². The molecule has 0 radical (unpaired) electrons. The van der Waals surface area contributed by atoms with Gasteiger partial charge in [0.1, 0.15) is 8.07 Å². The maximum absolute atomic E-state index is 2.57. The van der Waals surface area contributed by atoms with Gasteiger partial charge in [-0.2, -0.15) is 0 Å². The van der Waals surface area contributed by atoms with E-state index in [0.29, 0.717) is 0 Å². The van der Waals surface area contributed by atoms with Crippen molar-refractivity contribution in [3.63, 3.8) is 0 Å². The fourth-order valence-corrected chi connectivity index (χ4v) is 12.5. The molecule has 7 aromatic rings. The average Bonchev–Trinajstić information content (AvgIpc) is 3.43. The van der Waals surface area contributed by atoms with Crippen LogP contribution in [-0.4, -0.2) is 8.07 Å². The molecule has 0 bridgehead atoms. The van der Waals surface area contributed by atoms with Crippen LogP contribution < -0.4 is 15.3 Å². The zero-order chi connectivity index (χ0) is 37.2. The highest BCUT2D eigenvalue weighted by molar-refractivity contribution is 7.03. The molecule has 0 atom stereocenters. The Bertz CT molecular complexity index is 2530. The second-order valence-corrected chi connectivity index (χ2v) is 21.6. The van der Waals surface area contributed by atoms with Gasteiger partial charge in [-0.3, -0.25) is 0 Å². The van der Waals surface area contributed by atoms with Crippen molar-refractivity contribution in [1.82, 2.24) is 0 Å². The summed E-state index contributed by atoms with van der Waals surface area (Å²) < 4.78 is 0. The maximum atomic E-state index is 2.57. The van der Waals surface area contributed by atoms with Gasteiger partial charge in [-0.05, 0) is 114 Å². The summed E-state index contributed by atoms with van der Waals surface area (Å²) in [5.74, 6) is 0. The summed E-state index contributed by atoms with van der Waals surface area (Å²) in [5.41, 5.74) is 16.9.